The summed E-state index contributed by atoms with van der Waals surface area (Å²) in [6, 6.07) is 0. The molecular weight excluding hydrogens is 475 g/mol. The van der Waals surface area contributed by atoms with Crippen molar-refractivity contribution in [3.8, 4) is 0 Å². The molecule has 30 heavy (non-hydrogen) atoms. The number of aliphatic hydroxyl groups is 1. The summed E-state index contributed by atoms with van der Waals surface area (Å²) in [5, 5.41) is 10.1. The average Bonchev–Trinajstić information content (AvgIpc) is 3.14. The highest BCUT2D eigenvalue weighted by atomic mass is 31.3. The van der Waals surface area contributed by atoms with Gasteiger partial charge in [0.25, 0.3) is 23.5 Å². The van der Waals surface area contributed by atoms with Crippen LogP contribution in [0, 0.1) is 0 Å². The number of imidazole rings is 1. The van der Waals surface area contributed by atoms with Gasteiger partial charge in [-0.1, -0.05) is 0 Å². The number of phosphoric ester groups is 1. The van der Waals surface area contributed by atoms with Crippen molar-refractivity contribution in [3.63, 3.8) is 0 Å². The molecule has 17 nitrogen and oxygen atoms in total. The molecule has 1 saturated heterocycles. The summed E-state index contributed by atoms with van der Waals surface area (Å²) in [4.78, 5) is 53.3. The van der Waals surface area contributed by atoms with Crippen molar-refractivity contribution in [1.82, 2.24) is 19.5 Å². The lowest BCUT2D eigenvalue weighted by Gasteiger charge is -2.33. The third-order valence-corrected chi connectivity index (χ3v) is 7.39. The fourth-order valence-electron chi connectivity index (χ4n) is 2.57. The zero-order valence-corrected chi connectivity index (χ0v) is 17.2. The number of ether oxygens (including phenoxy) is 1. The summed E-state index contributed by atoms with van der Waals surface area (Å²) < 4.78 is 51.0. The van der Waals surface area contributed by atoms with Crippen LogP contribution in [-0.4, -0.2) is 48.3 Å². The molecule has 0 aromatic carbocycles. The highest BCUT2D eigenvalue weighted by molar-refractivity contribution is 7.65. The third-order valence-electron chi connectivity index (χ3n) is 3.70. The lowest BCUT2D eigenvalue weighted by Crippen LogP contribution is -2.27. The van der Waals surface area contributed by atoms with Crippen molar-refractivity contribution in [2.24, 2.45) is 0 Å². The van der Waals surface area contributed by atoms with Gasteiger partial charge >= 0.3 is 0 Å². The van der Waals surface area contributed by atoms with E-state index in [9.17, 15) is 33.5 Å². The Bertz CT molecular complexity index is 1070. The fraction of sp³-hybridized carbons (Fsp3) is 0.500. The molecule has 3 heterocycles. The summed E-state index contributed by atoms with van der Waals surface area (Å²) in [5.74, 6) is 0.108. The zero-order chi connectivity index (χ0) is 22.3. The minimum Gasteiger partial charge on any atom is -0.756 e. The molecule has 0 saturated carbocycles. The smallest absolute Gasteiger partial charge is 0.280 e. The Balaban J connectivity index is 1.64. The van der Waals surface area contributed by atoms with Gasteiger partial charge in [0, 0.05) is 6.42 Å². The first kappa shape index (κ1) is 23.3. The monoisotopic (exact) mass is 488 g/mol. The molecule has 1 aliphatic rings. The summed E-state index contributed by atoms with van der Waals surface area (Å²) in [6.45, 7) is -0.893. The number of fused-ring (bicyclic) bond motifs is 1. The molecule has 0 bridgehead atoms. The first-order valence-corrected chi connectivity index (χ1v) is 12.2. The number of rotatable bonds is 8. The van der Waals surface area contributed by atoms with E-state index in [0.717, 1.165) is 0 Å². The van der Waals surface area contributed by atoms with E-state index in [0.29, 0.717) is 0 Å². The molecule has 0 aliphatic carbocycles. The van der Waals surface area contributed by atoms with Crippen LogP contribution in [0.25, 0.3) is 11.2 Å². The number of anilines is 1. The number of aromatic nitrogens is 4. The number of hydrogen-bond acceptors (Lipinski definition) is 15. The molecule has 3 rings (SSSR count). The number of phosphoric acid groups is 3. The molecule has 0 radical (unpaired) electrons. The van der Waals surface area contributed by atoms with Gasteiger partial charge < -0.3 is 39.7 Å². The summed E-state index contributed by atoms with van der Waals surface area (Å²) >= 11 is 0. The maximum atomic E-state index is 11.6. The van der Waals surface area contributed by atoms with Gasteiger partial charge in [0.1, 0.15) is 24.2 Å². The van der Waals surface area contributed by atoms with Crippen LogP contribution in [0.1, 0.15) is 12.6 Å². The second-order valence-electron chi connectivity index (χ2n) is 5.84. The Hall–Kier alpha value is -1.32. The van der Waals surface area contributed by atoms with E-state index < -0.39 is 48.5 Å². The van der Waals surface area contributed by atoms with Gasteiger partial charge in [-0.25, -0.2) is 23.6 Å². The van der Waals surface area contributed by atoms with Crippen molar-refractivity contribution >= 4 is 40.4 Å². The van der Waals surface area contributed by atoms with Crippen LogP contribution < -0.4 is 20.4 Å². The van der Waals surface area contributed by atoms with Crippen molar-refractivity contribution < 1.29 is 56.3 Å². The summed E-state index contributed by atoms with van der Waals surface area (Å²) in [5.41, 5.74) is 6.24. The van der Waals surface area contributed by atoms with Gasteiger partial charge in [-0.2, -0.15) is 0 Å². The lowest BCUT2D eigenvalue weighted by molar-refractivity contribution is -0.250. The van der Waals surface area contributed by atoms with E-state index in [-0.39, 0.29) is 23.4 Å². The predicted molar refractivity (Wildman–Crippen MR) is 87.4 cm³/mol. The van der Waals surface area contributed by atoms with Gasteiger partial charge in [0.15, 0.2) is 11.5 Å². The number of nitrogens with two attached hydrogens (primary N) is 1. The molecule has 2 aromatic heterocycles. The van der Waals surface area contributed by atoms with Crippen molar-refractivity contribution in [1.29, 1.82) is 0 Å². The second-order valence-corrected chi connectivity index (χ2v) is 10.1. The second kappa shape index (κ2) is 8.31. The van der Waals surface area contributed by atoms with Crippen LogP contribution in [-0.2, 0) is 31.6 Å². The molecule has 6 unspecified atom stereocenters. The summed E-state index contributed by atoms with van der Waals surface area (Å²) in [7, 11) is -17.5. The molecule has 6 atom stereocenters. The van der Waals surface area contributed by atoms with Crippen molar-refractivity contribution in [2.75, 3.05) is 12.3 Å². The van der Waals surface area contributed by atoms with Crippen LogP contribution >= 0.6 is 23.5 Å². The van der Waals surface area contributed by atoms with Crippen LogP contribution in [0.5, 0.6) is 0 Å². The Labute approximate surface area is 166 Å². The number of aliphatic hydroxyl groups excluding tert-OH is 1. The average molecular weight is 488 g/mol. The van der Waals surface area contributed by atoms with Gasteiger partial charge in [0.2, 0.25) is 0 Å². The fourth-order valence-corrected chi connectivity index (χ4v) is 5.47. The maximum Gasteiger partial charge on any atom is 0.280 e. The first-order chi connectivity index (χ1) is 13.8. The first-order valence-electron chi connectivity index (χ1n) is 7.76. The van der Waals surface area contributed by atoms with Gasteiger partial charge in [-0.05, 0) is 0 Å². The number of nitrogens with zero attached hydrogens (tertiary/aromatic N) is 4. The number of nitrogen functional groups attached to an aromatic ring is 1. The molecule has 1 fully saturated rings. The summed E-state index contributed by atoms with van der Waals surface area (Å²) in [6.07, 6.45) is -0.897. The maximum absolute atomic E-state index is 11.6. The van der Waals surface area contributed by atoms with E-state index in [2.05, 4.69) is 28.1 Å². The SMILES string of the molecule is Nc1ncnc2c1ncn2C1CC(O)C(COP(=O)([O-])OP(=O)([O-])OP(=O)([O-])O)O1. The van der Waals surface area contributed by atoms with E-state index in [1.54, 1.807) is 0 Å². The quantitative estimate of drug-likeness (QED) is 0.324. The molecule has 2 aromatic rings. The van der Waals surface area contributed by atoms with Crippen LogP contribution in [0.2, 0.25) is 0 Å². The molecule has 0 spiro atoms. The largest absolute Gasteiger partial charge is 0.756 e. The van der Waals surface area contributed by atoms with Crippen molar-refractivity contribution in [3.05, 3.63) is 12.7 Å². The predicted octanol–water partition coefficient (Wildman–Crippen LogP) is -2.50. The Morgan fingerprint density at radius 1 is 1.20 bits per heavy atom. The van der Waals surface area contributed by atoms with E-state index >= 15 is 0 Å². The Morgan fingerprint density at radius 3 is 2.57 bits per heavy atom. The standard InChI is InChI=1S/C10H16N5O12P3/c11-9-8-10(13-3-12-9)15(4-14-8)7-1-5(16)6(25-7)2-24-29(20,21)27-30(22,23)26-28(17,18)19/h3-7,16H,1-2H2,(H,20,21)(H,22,23)(H2,11,12,13)(H2,17,18,19)/p-3. The minimum atomic E-state index is -6.01. The molecule has 168 valence electrons. The van der Waals surface area contributed by atoms with Gasteiger partial charge in [0.05, 0.1) is 19.0 Å². The lowest BCUT2D eigenvalue weighted by atomic mass is 10.2. The third kappa shape index (κ3) is 5.68. The number of hydrogen-bond donors (Lipinski definition) is 3. The van der Waals surface area contributed by atoms with Crippen LogP contribution in [0.15, 0.2) is 12.7 Å². The normalized spacial score (nSPS) is 28.1. The van der Waals surface area contributed by atoms with Crippen molar-refractivity contribution in [2.45, 2.75) is 24.9 Å². The van der Waals surface area contributed by atoms with Crippen LogP contribution in [0.4, 0.5) is 5.82 Å². The van der Waals surface area contributed by atoms with E-state index in [1.807, 2.05) is 0 Å². The molecule has 20 heteroatoms. The molecular formula is C10H13N5O12P3-3. The Morgan fingerprint density at radius 2 is 1.90 bits per heavy atom. The van der Waals surface area contributed by atoms with Crippen LogP contribution in [0.3, 0.4) is 0 Å². The molecule has 1 aliphatic heterocycles. The van der Waals surface area contributed by atoms with Gasteiger partial charge in [-0.3, -0.25) is 18.3 Å². The van der Waals surface area contributed by atoms with E-state index in [4.69, 9.17) is 15.4 Å². The van der Waals surface area contributed by atoms with E-state index in [1.165, 1.54) is 17.2 Å². The zero-order valence-electron chi connectivity index (χ0n) is 14.5. The minimum absolute atomic E-state index is 0.0412. The highest BCUT2D eigenvalue weighted by Crippen LogP contribution is 2.61. The molecule has 0 amide bonds. The Kier molecular flexibility index (Phi) is 6.47. The highest BCUT2D eigenvalue weighted by Gasteiger charge is 2.37. The van der Waals surface area contributed by atoms with Gasteiger partial charge in [-0.15, -0.1) is 0 Å². The topological polar surface area (TPSA) is 267 Å². The molecule has 4 N–H and O–H groups in total.